The minimum atomic E-state index is -0.671. The smallest absolute Gasteiger partial charge is 0.338 e. The Balaban J connectivity index is 2.47. The molecule has 1 amide bonds. The third-order valence-corrected chi connectivity index (χ3v) is 4.14. The van der Waals surface area contributed by atoms with Crippen LogP contribution in [0.5, 0.6) is 0 Å². The van der Waals surface area contributed by atoms with Gasteiger partial charge in [0, 0.05) is 24.7 Å². The highest BCUT2D eigenvalue weighted by atomic mass is 35.5. The number of carbonyl (C=O) groups excluding carboxylic acids is 2. The lowest BCUT2D eigenvalue weighted by Crippen LogP contribution is -2.24. The molecule has 0 heterocycles. The molecule has 2 rings (SSSR count). The molecule has 0 unspecified atom stereocenters. The van der Waals surface area contributed by atoms with E-state index in [-0.39, 0.29) is 11.1 Å². The average molecular weight is 361 g/mol. The summed E-state index contributed by atoms with van der Waals surface area (Å²) in [6.07, 6.45) is 0. The lowest BCUT2D eigenvalue weighted by molar-refractivity contribution is 0.0597. The summed E-state index contributed by atoms with van der Waals surface area (Å²) in [7, 11) is 1.26. The fourth-order valence-corrected chi connectivity index (χ4v) is 2.87. The van der Waals surface area contributed by atoms with Gasteiger partial charge in [-0.2, -0.15) is 0 Å². The molecule has 25 heavy (non-hydrogen) atoms. The highest BCUT2D eigenvalue weighted by Crippen LogP contribution is 2.27. The van der Waals surface area contributed by atoms with E-state index in [9.17, 15) is 9.59 Å². The third kappa shape index (κ3) is 4.31. The van der Waals surface area contributed by atoms with Crippen molar-refractivity contribution in [1.82, 2.24) is 0 Å². The fraction of sp³-hybridized carbons (Fsp3) is 0.263. The molecule has 6 heteroatoms. The topological polar surface area (TPSA) is 72.6 Å². The van der Waals surface area contributed by atoms with Gasteiger partial charge < -0.3 is 15.4 Å². The molecule has 2 N–H and O–H groups in total. The van der Waals surface area contributed by atoms with E-state index in [1.165, 1.54) is 7.11 Å². The monoisotopic (exact) mass is 360 g/mol. The number of esters is 1. The Labute approximate surface area is 152 Å². The lowest BCUT2D eigenvalue weighted by Gasteiger charge is -2.22. The second kappa shape index (κ2) is 8.53. The van der Waals surface area contributed by atoms with Crippen LogP contribution in [-0.2, 0) is 4.74 Å². The first-order valence-corrected chi connectivity index (χ1v) is 8.48. The normalized spacial score (nSPS) is 10.4. The number of amides is 1. The van der Waals surface area contributed by atoms with Crippen molar-refractivity contribution in [2.75, 3.05) is 31.0 Å². The Morgan fingerprint density at radius 3 is 2.44 bits per heavy atom. The van der Waals surface area contributed by atoms with Gasteiger partial charge in [-0.1, -0.05) is 18.2 Å². The predicted molar refractivity (Wildman–Crippen MR) is 100 cm³/mol. The molecular formula is C19H21ClN2O3. The van der Waals surface area contributed by atoms with Gasteiger partial charge in [0.1, 0.15) is 0 Å². The van der Waals surface area contributed by atoms with E-state index in [0.717, 1.165) is 29.9 Å². The quantitative estimate of drug-likeness (QED) is 0.607. The van der Waals surface area contributed by atoms with Crippen LogP contribution in [0.4, 0.5) is 5.69 Å². The number of ether oxygens (including phenoxy) is 1. The zero-order valence-electron chi connectivity index (χ0n) is 14.3. The van der Waals surface area contributed by atoms with Crippen molar-refractivity contribution in [1.29, 1.82) is 0 Å². The number of anilines is 1. The number of nitrogens with zero attached hydrogens (tertiary/aromatic N) is 1. The van der Waals surface area contributed by atoms with Gasteiger partial charge in [-0.05, 0) is 42.3 Å². The first-order valence-electron chi connectivity index (χ1n) is 7.95. The number of hydrogen-bond donors (Lipinski definition) is 1. The zero-order chi connectivity index (χ0) is 18.4. The Morgan fingerprint density at radius 1 is 1.12 bits per heavy atom. The molecule has 0 aliphatic carbocycles. The minimum Gasteiger partial charge on any atom is -0.465 e. The molecule has 0 saturated heterocycles. The molecule has 0 radical (unpaired) electrons. The molecule has 132 valence electrons. The van der Waals surface area contributed by atoms with Crippen LogP contribution in [0.1, 0.15) is 27.6 Å². The summed E-state index contributed by atoms with van der Waals surface area (Å²) in [5, 5.41) is 0. The molecule has 5 nitrogen and oxygen atoms in total. The van der Waals surface area contributed by atoms with Crippen molar-refractivity contribution in [3.8, 4) is 11.1 Å². The molecule has 0 fully saturated rings. The van der Waals surface area contributed by atoms with Crippen LogP contribution in [0.25, 0.3) is 11.1 Å². The minimum absolute atomic E-state index is 0.142. The van der Waals surface area contributed by atoms with Gasteiger partial charge in [-0.15, -0.1) is 11.6 Å². The van der Waals surface area contributed by atoms with Crippen LogP contribution in [-0.4, -0.2) is 38.0 Å². The molecule has 0 aliphatic rings. The van der Waals surface area contributed by atoms with E-state index < -0.39 is 11.9 Å². The van der Waals surface area contributed by atoms with Crippen LogP contribution >= 0.6 is 11.6 Å². The third-order valence-electron chi connectivity index (χ3n) is 3.97. The van der Waals surface area contributed by atoms with Gasteiger partial charge in [0.05, 0.1) is 18.2 Å². The van der Waals surface area contributed by atoms with Crippen molar-refractivity contribution in [3.63, 3.8) is 0 Å². The van der Waals surface area contributed by atoms with E-state index in [1.54, 1.807) is 18.2 Å². The number of nitrogens with two attached hydrogens (primary N) is 1. The van der Waals surface area contributed by atoms with E-state index in [2.05, 4.69) is 11.8 Å². The van der Waals surface area contributed by atoms with Crippen LogP contribution < -0.4 is 10.6 Å². The predicted octanol–water partition coefficient (Wildman–Crippen LogP) is 3.30. The van der Waals surface area contributed by atoms with Crippen molar-refractivity contribution >= 4 is 29.2 Å². The number of benzene rings is 2. The summed E-state index contributed by atoms with van der Waals surface area (Å²) in [5.74, 6) is -0.721. The number of methoxy groups -OCH3 is 1. The van der Waals surface area contributed by atoms with Gasteiger partial charge in [-0.25, -0.2) is 4.79 Å². The molecule has 2 aromatic carbocycles. The summed E-state index contributed by atoms with van der Waals surface area (Å²) >= 11 is 5.86. The first-order chi connectivity index (χ1) is 12.0. The Bertz CT molecular complexity index is 777. The number of rotatable bonds is 7. The van der Waals surface area contributed by atoms with Gasteiger partial charge >= 0.3 is 5.97 Å². The Morgan fingerprint density at radius 2 is 1.84 bits per heavy atom. The van der Waals surface area contributed by atoms with Crippen LogP contribution in [0, 0.1) is 0 Å². The Hall–Kier alpha value is -2.53. The first kappa shape index (κ1) is 18.8. The number of carbonyl (C=O) groups is 2. The van der Waals surface area contributed by atoms with Crippen LogP contribution in [0.15, 0.2) is 42.5 Å². The number of alkyl halides is 1. The summed E-state index contributed by atoms with van der Waals surface area (Å²) in [6.45, 7) is 3.65. The van der Waals surface area contributed by atoms with Gasteiger partial charge in [0.25, 0.3) is 0 Å². The van der Waals surface area contributed by atoms with E-state index >= 15 is 0 Å². The summed E-state index contributed by atoms with van der Waals surface area (Å²) in [5.41, 5.74) is 8.48. The number of primary amides is 1. The second-order valence-electron chi connectivity index (χ2n) is 5.44. The van der Waals surface area contributed by atoms with E-state index in [4.69, 9.17) is 22.1 Å². The highest BCUT2D eigenvalue weighted by molar-refractivity contribution is 6.18. The van der Waals surface area contributed by atoms with Crippen LogP contribution in [0.3, 0.4) is 0 Å². The standard InChI is InChI=1S/C19H21ClN2O3/c1-3-22(10-9-20)15-6-4-5-13(11-15)14-7-8-16(19(24)25-2)17(12-14)18(21)23/h4-8,11-12H,3,9-10H2,1-2H3,(H2,21,23). The molecular weight excluding hydrogens is 340 g/mol. The summed E-state index contributed by atoms with van der Waals surface area (Å²) < 4.78 is 4.70. The highest BCUT2D eigenvalue weighted by Gasteiger charge is 2.17. The summed E-state index contributed by atoms with van der Waals surface area (Å²) in [4.78, 5) is 25.7. The van der Waals surface area contributed by atoms with E-state index in [1.807, 2.05) is 24.3 Å². The average Bonchev–Trinajstić information content (AvgIpc) is 2.65. The lowest BCUT2D eigenvalue weighted by atomic mass is 9.98. The SMILES string of the molecule is CCN(CCCl)c1cccc(-c2ccc(C(=O)OC)c(C(N)=O)c2)c1. The molecule has 0 saturated carbocycles. The molecule has 0 aromatic heterocycles. The largest absolute Gasteiger partial charge is 0.465 e. The van der Waals surface area contributed by atoms with Crippen LogP contribution in [0.2, 0.25) is 0 Å². The second-order valence-corrected chi connectivity index (χ2v) is 5.81. The number of hydrogen-bond acceptors (Lipinski definition) is 4. The molecule has 0 aliphatic heterocycles. The van der Waals surface area contributed by atoms with E-state index in [0.29, 0.717) is 5.88 Å². The number of halogens is 1. The summed E-state index contributed by atoms with van der Waals surface area (Å²) in [6, 6.07) is 12.9. The molecule has 0 spiro atoms. The zero-order valence-corrected chi connectivity index (χ0v) is 15.0. The van der Waals surface area contributed by atoms with Crippen molar-refractivity contribution in [2.45, 2.75) is 6.92 Å². The molecule has 0 bridgehead atoms. The van der Waals surface area contributed by atoms with Crippen molar-refractivity contribution in [3.05, 3.63) is 53.6 Å². The van der Waals surface area contributed by atoms with Gasteiger partial charge in [0.15, 0.2) is 0 Å². The molecule has 2 aromatic rings. The maximum atomic E-state index is 11.8. The van der Waals surface area contributed by atoms with Crippen molar-refractivity contribution < 1.29 is 14.3 Å². The maximum absolute atomic E-state index is 11.8. The van der Waals surface area contributed by atoms with Gasteiger partial charge in [-0.3, -0.25) is 4.79 Å². The fourth-order valence-electron chi connectivity index (χ4n) is 2.67. The van der Waals surface area contributed by atoms with Gasteiger partial charge in [0.2, 0.25) is 5.91 Å². The Kier molecular flexibility index (Phi) is 6.42. The maximum Gasteiger partial charge on any atom is 0.338 e. The van der Waals surface area contributed by atoms with Crippen molar-refractivity contribution in [2.24, 2.45) is 5.73 Å². The molecule has 0 atom stereocenters.